The summed E-state index contributed by atoms with van der Waals surface area (Å²) in [7, 11) is 0. The van der Waals surface area contributed by atoms with E-state index in [4.69, 9.17) is 4.74 Å². The molecule has 0 unspecified atom stereocenters. The molecule has 28 heavy (non-hydrogen) atoms. The second-order valence-electron chi connectivity index (χ2n) is 7.99. The number of hydrogen-bond donors (Lipinski definition) is 0. The van der Waals surface area contributed by atoms with E-state index in [0.717, 1.165) is 40.5 Å². The normalized spacial score (nSPS) is 19.8. The number of ether oxygens (including phenoxy) is 1. The Balaban J connectivity index is 1.54. The Morgan fingerprint density at radius 1 is 1.00 bits per heavy atom. The minimum absolute atomic E-state index is 0.0381. The Kier molecular flexibility index (Phi) is 6.01. The van der Waals surface area contributed by atoms with Crippen LogP contribution in [0.15, 0.2) is 42.5 Å². The van der Waals surface area contributed by atoms with Crippen LogP contribution in [0.25, 0.3) is 20.5 Å². The van der Waals surface area contributed by atoms with E-state index in [-0.39, 0.29) is 5.82 Å². The number of benzene rings is 2. The highest BCUT2D eigenvalue weighted by atomic mass is 32.1. The van der Waals surface area contributed by atoms with E-state index in [9.17, 15) is 4.39 Å². The van der Waals surface area contributed by atoms with Gasteiger partial charge in [-0.15, -0.1) is 11.3 Å². The molecule has 1 saturated carbocycles. The summed E-state index contributed by atoms with van der Waals surface area (Å²) in [5.74, 6) is 2.09. The fraction of sp³-hybridized carbons (Fsp3) is 0.440. The average molecular weight is 397 g/mol. The van der Waals surface area contributed by atoms with Crippen molar-refractivity contribution in [3.8, 4) is 16.2 Å². The summed E-state index contributed by atoms with van der Waals surface area (Å²) in [6, 6.07) is 14.2. The van der Waals surface area contributed by atoms with Crippen molar-refractivity contribution >= 4 is 21.4 Å². The van der Waals surface area contributed by atoms with Crippen LogP contribution in [0.4, 0.5) is 4.39 Å². The Bertz CT molecular complexity index is 937. The van der Waals surface area contributed by atoms with Gasteiger partial charge in [-0.2, -0.15) is 0 Å². The van der Waals surface area contributed by atoms with Crippen molar-refractivity contribution in [2.45, 2.75) is 58.3 Å². The lowest BCUT2D eigenvalue weighted by atomic mass is 9.77. The Morgan fingerprint density at radius 2 is 1.82 bits per heavy atom. The van der Waals surface area contributed by atoms with Gasteiger partial charge in [0.2, 0.25) is 0 Å². The molecule has 2 aromatic carbocycles. The molecule has 0 aliphatic heterocycles. The molecule has 1 nitrogen and oxygen atoms in total. The predicted molar refractivity (Wildman–Crippen MR) is 118 cm³/mol. The van der Waals surface area contributed by atoms with Crippen molar-refractivity contribution in [1.29, 1.82) is 0 Å². The van der Waals surface area contributed by atoms with Crippen LogP contribution in [0.1, 0.15) is 63.9 Å². The predicted octanol–water partition coefficient (Wildman–Crippen LogP) is 8.18. The van der Waals surface area contributed by atoms with E-state index in [1.54, 1.807) is 17.4 Å². The molecule has 0 amide bonds. The first kappa shape index (κ1) is 19.4. The van der Waals surface area contributed by atoms with Crippen LogP contribution in [0, 0.1) is 11.7 Å². The Hall–Kier alpha value is -1.87. The van der Waals surface area contributed by atoms with Crippen LogP contribution in [0.3, 0.4) is 0 Å². The van der Waals surface area contributed by atoms with E-state index in [1.807, 2.05) is 19.1 Å². The van der Waals surface area contributed by atoms with Crippen LogP contribution in [-0.2, 0) is 0 Å². The van der Waals surface area contributed by atoms with E-state index in [0.29, 0.717) is 12.5 Å². The molecular weight excluding hydrogens is 367 g/mol. The van der Waals surface area contributed by atoms with E-state index < -0.39 is 0 Å². The number of halogens is 1. The maximum Gasteiger partial charge on any atom is 0.127 e. The van der Waals surface area contributed by atoms with Crippen molar-refractivity contribution in [2.75, 3.05) is 6.61 Å². The first-order valence-corrected chi connectivity index (χ1v) is 11.5. The van der Waals surface area contributed by atoms with Crippen LogP contribution in [0.5, 0.6) is 5.75 Å². The standard InChI is InChI=1S/C25H29FOS/c1-3-5-17-6-8-18(9-7-17)22-13-11-19(14-23(22)26)24-15-20-10-12-21(27-4-2)16-25(20)28-24/h10-18H,3-9H2,1-2H3. The topological polar surface area (TPSA) is 9.23 Å². The van der Waals surface area contributed by atoms with Gasteiger partial charge in [0.05, 0.1) is 6.61 Å². The lowest BCUT2D eigenvalue weighted by Crippen LogP contribution is -2.14. The maximum atomic E-state index is 15.0. The third kappa shape index (κ3) is 4.10. The van der Waals surface area contributed by atoms with Gasteiger partial charge in [0, 0.05) is 9.58 Å². The number of fused-ring (bicyclic) bond motifs is 1. The van der Waals surface area contributed by atoms with Gasteiger partial charge >= 0.3 is 0 Å². The number of rotatable bonds is 6. The number of hydrogen-bond acceptors (Lipinski definition) is 2. The molecule has 1 aliphatic rings. The van der Waals surface area contributed by atoms with E-state index in [1.165, 1.54) is 35.8 Å². The fourth-order valence-corrected chi connectivity index (χ4v) is 5.68. The van der Waals surface area contributed by atoms with Gasteiger partial charge in [-0.1, -0.05) is 31.9 Å². The molecule has 1 aliphatic carbocycles. The highest BCUT2D eigenvalue weighted by molar-refractivity contribution is 7.22. The monoisotopic (exact) mass is 396 g/mol. The molecule has 1 heterocycles. The van der Waals surface area contributed by atoms with Gasteiger partial charge in [0.25, 0.3) is 0 Å². The van der Waals surface area contributed by atoms with Crippen molar-refractivity contribution in [1.82, 2.24) is 0 Å². The molecule has 3 aromatic rings. The zero-order valence-corrected chi connectivity index (χ0v) is 17.7. The average Bonchev–Trinajstić information content (AvgIpc) is 3.13. The first-order valence-electron chi connectivity index (χ1n) is 10.6. The summed E-state index contributed by atoms with van der Waals surface area (Å²) in [6.07, 6.45) is 7.34. The molecule has 0 atom stereocenters. The van der Waals surface area contributed by atoms with Gasteiger partial charge in [0.1, 0.15) is 11.6 Å². The van der Waals surface area contributed by atoms with Crippen LogP contribution < -0.4 is 4.74 Å². The van der Waals surface area contributed by atoms with Crippen molar-refractivity contribution in [3.63, 3.8) is 0 Å². The zero-order valence-electron chi connectivity index (χ0n) is 16.8. The van der Waals surface area contributed by atoms with Crippen LogP contribution in [0.2, 0.25) is 0 Å². The summed E-state index contributed by atoms with van der Waals surface area (Å²) < 4.78 is 21.8. The number of thiophene rings is 1. The molecule has 1 fully saturated rings. The zero-order chi connectivity index (χ0) is 19.5. The van der Waals surface area contributed by atoms with Crippen LogP contribution in [-0.4, -0.2) is 6.61 Å². The largest absolute Gasteiger partial charge is 0.494 e. The van der Waals surface area contributed by atoms with Gasteiger partial charge in [0.15, 0.2) is 0 Å². The van der Waals surface area contributed by atoms with Crippen molar-refractivity contribution < 1.29 is 9.13 Å². The molecule has 148 valence electrons. The van der Waals surface area contributed by atoms with Crippen molar-refractivity contribution in [3.05, 3.63) is 53.8 Å². The summed E-state index contributed by atoms with van der Waals surface area (Å²) in [5.41, 5.74) is 1.89. The van der Waals surface area contributed by atoms with Crippen molar-refractivity contribution in [2.24, 2.45) is 5.92 Å². The lowest BCUT2D eigenvalue weighted by Gasteiger charge is -2.29. The minimum Gasteiger partial charge on any atom is -0.494 e. The highest BCUT2D eigenvalue weighted by Gasteiger charge is 2.24. The quantitative estimate of drug-likeness (QED) is 0.408. The highest BCUT2D eigenvalue weighted by Crippen LogP contribution is 2.40. The molecular formula is C25H29FOS. The van der Waals surface area contributed by atoms with Gasteiger partial charge < -0.3 is 4.74 Å². The first-order chi connectivity index (χ1) is 13.7. The summed E-state index contributed by atoms with van der Waals surface area (Å²) >= 11 is 1.70. The molecule has 0 radical (unpaired) electrons. The Labute approximate surface area is 171 Å². The second-order valence-corrected chi connectivity index (χ2v) is 9.07. The molecule has 0 N–H and O–H groups in total. The second kappa shape index (κ2) is 8.65. The Morgan fingerprint density at radius 3 is 2.54 bits per heavy atom. The minimum atomic E-state index is -0.0381. The maximum absolute atomic E-state index is 15.0. The lowest BCUT2D eigenvalue weighted by molar-refractivity contribution is 0.304. The molecule has 0 saturated heterocycles. The third-order valence-electron chi connectivity index (χ3n) is 6.07. The summed E-state index contributed by atoms with van der Waals surface area (Å²) in [5, 5.41) is 1.18. The third-order valence-corrected chi connectivity index (χ3v) is 7.22. The van der Waals surface area contributed by atoms with Gasteiger partial charge in [-0.25, -0.2) is 4.39 Å². The summed E-state index contributed by atoms with van der Waals surface area (Å²) in [4.78, 5) is 1.11. The molecule has 1 aromatic heterocycles. The molecule has 3 heteroatoms. The summed E-state index contributed by atoms with van der Waals surface area (Å²) in [6.45, 7) is 4.91. The fourth-order valence-electron chi connectivity index (χ4n) is 4.59. The SMILES string of the molecule is CCCC1CCC(c2ccc(-c3cc4ccc(OCC)cc4s3)cc2F)CC1. The van der Waals surface area contributed by atoms with E-state index in [2.05, 4.69) is 31.2 Å². The van der Waals surface area contributed by atoms with E-state index >= 15 is 0 Å². The molecule has 4 rings (SSSR count). The van der Waals surface area contributed by atoms with Gasteiger partial charge in [-0.05, 0) is 91.3 Å². The van der Waals surface area contributed by atoms with Crippen LogP contribution >= 0.6 is 11.3 Å². The molecule has 0 spiro atoms. The smallest absolute Gasteiger partial charge is 0.127 e. The molecule has 0 bridgehead atoms. The van der Waals surface area contributed by atoms with Gasteiger partial charge in [-0.3, -0.25) is 0 Å².